The summed E-state index contributed by atoms with van der Waals surface area (Å²) < 4.78 is 7.35. The fourth-order valence-electron chi connectivity index (χ4n) is 3.59. The van der Waals surface area contributed by atoms with Crippen LogP contribution in [0.25, 0.3) is 0 Å². The lowest BCUT2D eigenvalue weighted by molar-refractivity contribution is 0.129. The number of aromatic nitrogens is 2. The minimum atomic E-state index is -0.275. The average Bonchev–Trinajstić information content (AvgIpc) is 3.38. The molecule has 2 N–H and O–H groups in total. The Kier molecular flexibility index (Phi) is 5.98. The van der Waals surface area contributed by atoms with Gasteiger partial charge < -0.3 is 14.4 Å². The van der Waals surface area contributed by atoms with Crippen LogP contribution in [-0.4, -0.2) is 38.5 Å². The topological polar surface area (TPSA) is 83.5 Å². The van der Waals surface area contributed by atoms with Gasteiger partial charge in [-0.05, 0) is 38.3 Å². The van der Waals surface area contributed by atoms with Crippen molar-refractivity contribution in [3.8, 4) is 0 Å². The molecule has 0 aliphatic heterocycles. The van der Waals surface area contributed by atoms with Crippen molar-refractivity contribution in [3.63, 3.8) is 0 Å². The average molecular weight is 360 g/mol. The molecule has 1 atom stereocenters. The fraction of sp³-hybridized carbons (Fsp3) is 0.579. The third-order valence-corrected chi connectivity index (χ3v) is 5.16. The van der Waals surface area contributed by atoms with Crippen LogP contribution in [0.3, 0.4) is 0 Å². The first-order valence-electron chi connectivity index (χ1n) is 9.39. The lowest BCUT2D eigenvalue weighted by Gasteiger charge is -2.29. The highest BCUT2D eigenvalue weighted by molar-refractivity contribution is 5.89. The summed E-state index contributed by atoms with van der Waals surface area (Å²) in [7, 11) is 0. The quantitative estimate of drug-likeness (QED) is 0.788. The van der Waals surface area contributed by atoms with Crippen LogP contribution in [0, 0.1) is 6.92 Å². The summed E-state index contributed by atoms with van der Waals surface area (Å²) in [6, 6.07) is 3.45. The van der Waals surface area contributed by atoms with E-state index in [9.17, 15) is 9.90 Å². The molecule has 1 aliphatic carbocycles. The fourth-order valence-corrected chi connectivity index (χ4v) is 3.59. The maximum absolute atomic E-state index is 13.0. The maximum atomic E-state index is 13.0. The Morgan fingerprint density at radius 1 is 1.50 bits per heavy atom. The summed E-state index contributed by atoms with van der Waals surface area (Å²) in [5, 5.41) is 17.2. The van der Waals surface area contributed by atoms with Crippen LogP contribution in [0.1, 0.15) is 56.4 Å². The van der Waals surface area contributed by atoms with Crippen molar-refractivity contribution in [2.75, 3.05) is 11.9 Å². The number of carbonyl (C=O) groups excluding carboxylic acids is 1. The number of nitrogens with one attached hydrogen (secondary N) is 1. The third kappa shape index (κ3) is 3.93. The van der Waals surface area contributed by atoms with Gasteiger partial charge in [0.2, 0.25) is 0 Å². The van der Waals surface area contributed by atoms with Crippen molar-refractivity contribution in [1.29, 1.82) is 0 Å². The van der Waals surface area contributed by atoms with Gasteiger partial charge in [-0.3, -0.25) is 5.32 Å². The Morgan fingerprint density at radius 2 is 2.27 bits per heavy atom. The SMILES string of the molecule is CC[C@@H](CO)N(Cc1ccco1)C(=O)Nc1c(C)cnn1C1CCCC1. The number of anilines is 1. The van der Waals surface area contributed by atoms with Crippen LogP contribution >= 0.6 is 0 Å². The van der Waals surface area contributed by atoms with Gasteiger partial charge in [0.15, 0.2) is 0 Å². The van der Waals surface area contributed by atoms with Crippen LogP contribution in [0.4, 0.5) is 10.6 Å². The number of urea groups is 1. The molecule has 3 rings (SSSR count). The van der Waals surface area contributed by atoms with Gasteiger partial charge in [-0.1, -0.05) is 19.8 Å². The normalized spacial score (nSPS) is 16.0. The van der Waals surface area contributed by atoms with Gasteiger partial charge in [-0.2, -0.15) is 5.10 Å². The number of carbonyl (C=O) groups is 1. The van der Waals surface area contributed by atoms with E-state index in [2.05, 4.69) is 10.4 Å². The first-order valence-corrected chi connectivity index (χ1v) is 9.39. The van der Waals surface area contributed by atoms with E-state index in [1.165, 1.54) is 12.8 Å². The van der Waals surface area contributed by atoms with E-state index in [4.69, 9.17) is 4.42 Å². The van der Waals surface area contributed by atoms with Crippen molar-refractivity contribution < 1.29 is 14.3 Å². The molecule has 142 valence electrons. The van der Waals surface area contributed by atoms with Gasteiger partial charge in [0, 0.05) is 5.56 Å². The van der Waals surface area contributed by atoms with Crippen LogP contribution in [0.5, 0.6) is 0 Å². The molecular weight excluding hydrogens is 332 g/mol. The predicted molar refractivity (Wildman–Crippen MR) is 98.9 cm³/mol. The number of aliphatic hydroxyl groups excluding tert-OH is 1. The molecule has 0 bridgehead atoms. The van der Waals surface area contributed by atoms with Crippen molar-refractivity contribution in [2.24, 2.45) is 0 Å². The smallest absolute Gasteiger partial charge is 0.323 e. The number of aryl methyl sites for hydroxylation is 1. The second-order valence-electron chi connectivity index (χ2n) is 6.94. The van der Waals surface area contributed by atoms with Crippen LogP contribution < -0.4 is 5.32 Å². The number of amides is 2. The minimum absolute atomic E-state index is 0.0918. The molecule has 0 unspecified atom stereocenters. The van der Waals surface area contributed by atoms with Crippen molar-refractivity contribution in [1.82, 2.24) is 14.7 Å². The molecule has 0 radical (unpaired) electrons. The molecule has 2 heterocycles. The zero-order valence-electron chi connectivity index (χ0n) is 15.5. The molecule has 7 nitrogen and oxygen atoms in total. The van der Waals surface area contributed by atoms with Crippen molar-refractivity contribution in [3.05, 3.63) is 35.9 Å². The summed E-state index contributed by atoms with van der Waals surface area (Å²) in [6.07, 6.45) is 8.63. The van der Waals surface area contributed by atoms with Crippen LogP contribution in [-0.2, 0) is 6.54 Å². The van der Waals surface area contributed by atoms with Gasteiger partial charge >= 0.3 is 6.03 Å². The van der Waals surface area contributed by atoms with E-state index in [-0.39, 0.29) is 18.7 Å². The van der Waals surface area contributed by atoms with E-state index < -0.39 is 0 Å². The molecule has 1 saturated carbocycles. The summed E-state index contributed by atoms with van der Waals surface area (Å²) in [6.45, 7) is 4.13. The number of nitrogens with zero attached hydrogens (tertiary/aromatic N) is 3. The van der Waals surface area contributed by atoms with Crippen molar-refractivity contribution in [2.45, 2.75) is 64.6 Å². The molecule has 7 heteroatoms. The lowest BCUT2D eigenvalue weighted by Crippen LogP contribution is -2.44. The zero-order valence-corrected chi connectivity index (χ0v) is 15.5. The number of aliphatic hydroxyl groups is 1. The first-order chi connectivity index (χ1) is 12.6. The van der Waals surface area contributed by atoms with Gasteiger partial charge in [-0.25, -0.2) is 9.48 Å². The highest BCUT2D eigenvalue weighted by atomic mass is 16.3. The molecular formula is C19H28N4O3. The number of hydrogen-bond acceptors (Lipinski definition) is 4. The largest absolute Gasteiger partial charge is 0.467 e. The first kappa shape index (κ1) is 18.5. The maximum Gasteiger partial charge on any atom is 0.323 e. The predicted octanol–water partition coefficient (Wildman–Crippen LogP) is 3.70. The van der Waals surface area contributed by atoms with E-state index in [0.29, 0.717) is 24.8 Å². The van der Waals surface area contributed by atoms with Crippen molar-refractivity contribution >= 4 is 11.8 Å². The Morgan fingerprint density at radius 3 is 2.88 bits per heavy atom. The molecule has 1 aliphatic rings. The molecule has 1 fully saturated rings. The summed E-state index contributed by atoms with van der Waals surface area (Å²) in [5.74, 6) is 1.44. The second kappa shape index (κ2) is 8.40. The second-order valence-corrected chi connectivity index (χ2v) is 6.94. The Labute approximate surface area is 154 Å². The van der Waals surface area contributed by atoms with E-state index >= 15 is 0 Å². The minimum Gasteiger partial charge on any atom is -0.467 e. The Balaban J connectivity index is 1.80. The molecule has 0 aromatic carbocycles. The number of rotatable bonds is 7. The van der Waals surface area contributed by atoms with Gasteiger partial charge in [0.25, 0.3) is 0 Å². The Hall–Kier alpha value is -2.28. The molecule has 0 saturated heterocycles. The summed E-state index contributed by atoms with van der Waals surface area (Å²) in [5.41, 5.74) is 0.945. The van der Waals surface area contributed by atoms with Crippen LogP contribution in [0.15, 0.2) is 29.0 Å². The van der Waals surface area contributed by atoms with E-state index in [0.717, 1.165) is 24.2 Å². The molecule has 0 spiro atoms. The zero-order chi connectivity index (χ0) is 18.5. The molecule has 2 aromatic heterocycles. The summed E-state index contributed by atoms with van der Waals surface area (Å²) >= 11 is 0. The standard InChI is InChI=1S/C19H28N4O3/c1-3-15(13-24)22(12-17-9-6-10-26-17)19(25)21-18-14(2)11-20-23(18)16-7-4-5-8-16/h6,9-11,15-16,24H,3-5,7-8,12-13H2,1-2H3,(H,21,25)/t15-/m0/s1. The highest BCUT2D eigenvalue weighted by Crippen LogP contribution is 2.32. The molecule has 2 amide bonds. The summed E-state index contributed by atoms with van der Waals surface area (Å²) in [4.78, 5) is 14.7. The van der Waals surface area contributed by atoms with Gasteiger partial charge in [0.1, 0.15) is 11.6 Å². The molecule has 26 heavy (non-hydrogen) atoms. The third-order valence-electron chi connectivity index (χ3n) is 5.16. The lowest BCUT2D eigenvalue weighted by atomic mass is 10.2. The van der Waals surface area contributed by atoms with Crippen LogP contribution in [0.2, 0.25) is 0 Å². The Bertz CT molecular complexity index is 700. The van der Waals surface area contributed by atoms with Gasteiger partial charge in [0.05, 0.1) is 37.7 Å². The van der Waals surface area contributed by atoms with E-state index in [1.54, 1.807) is 23.4 Å². The van der Waals surface area contributed by atoms with Gasteiger partial charge in [-0.15, -0.1) is 0 Å². The number of furan rings is 1. The monoisotopic (exact) mass is 360 g/mol. The highest BCUT2D eigenvalue weighted by Gasteiger charge is 2.27. The number of hydrogen-bond donors (Lipinski definition) is 2. The van der Waals surface area contributed by atoms with E-state index in [1.807, 2.05) is 24.6 Å². The molecule has 2 aromatic rings.